The largest absolute Gasteiger partial charge is 0.497 e. The molecule has 0 aliphatic rings. The zero-order chi connectivity index (χ0) is 20.5. The van der Waals surface area contributed by atoms with E-state index in [9.17, 15) is 9.59 Å². The maximum atomic E-state index is 12.3. The Balaban J connectivity index is 1.86. The Hall–Kier alpha value is -2.82. The zero-order valence-corrected chi connectivity index (χ0v) is 17.0. The molecule has 0 unspecified atom stereocenters. The highest BCUT2D eigenvalue weighted by Crippen LogP contribution is 2.22. The quantitative estimate of drug-likeness (QED) is 0.668. The Kier molecular flexibility index (Phi) is 8.05. The predicted octanol–water partition coefficient (Wildman–Crippen LogP) is 3.86. The molecule has 1 amide bonds. The van der Waals surface area contributed by atoms with Gasteiger partial charge in [0.1, 0.15) is 5.75 Å². The summed E-state index contributed by atoms with van der Waals surface area (Å²) in [6.07, 6.45) is 1.09. The molecule has 0 aliphatic carbocycles. The lowest BCUT2D eigenvalue weighted by atomic mass is 9.95. The van der Waals surface area contributed by atoms with Crippen molar-refractivity contribution >= 4 is 11.9 Å². The van der Waals surface area contributed by atoms with Gasteiger partial charge in [-0.1, -0.05) is 57.2 Å². The summed E-state index contributed by atoms with van der Waals surface area (Å²) in [4.78, 5) is 24.3. The topological polar surface area (TPSA) is 64.6 Å². The van der Waals surface area contributed by atoms with Gasteiger partial charge in [-0.25, -0.2) is 0 Å². The van der Waals surface area contributed by atoms with Gasteiger partial charge in [-0.05, 0) is 41.2 Å². The average molecular weight is 383 g/mol. The summed E-state index contributed by atoms with van der Waals surface area (Å²) in [6.45, 7) is 5.92. The lowest BCUT2D eigenvalue weighted by molar-refractivity contribution is -0.148. The SMILES string of the molecule is CCc1ccc([C@H](NC(=O)COC(=O)Cc2ccc(OC)cc2)C(C)C)cc1. The molecule has 0 spiro atoms. The Morgan fingerprint density at radius 1 is 0.964 bits per heavy atom. The number of hydrogen-bond acceptors (Lipinski definition) is 4. The van der Waals surface area contributed by atoms with Crippen molar-refractivity contribution in [3.8, 4) is 5.75 Å². The Bertz CT molecular complexity index is 766. The van der Waals surface area contributed by atoms with E-state index in [4.69, 9.17) is 9.47 Å². The molecule has 5 nitrogen and oxygen atoms in total. The highest BCUT2D eigenvalue weighted by Gasteiger charge is 2.19. The van der Waals surface area contributed by atoms with Crippen molar-refractivity contribution in [3.63, 3.8) is 0 Å². The maximum Gasteiger partial charge on any atom is 0.310 e. The average Bonchev–Trinajstić information content (AvgIpc) is 2.71. The fourth-order valence-corrected chi connectivity index (χ4v) is 2.92. The first-order valence-electron chi connectivity index (χ1n) is 9.59. The molecule has 0 aliphatic heterocycles. The summed E-state index contributed by atoms with van der Waals surface area (Å²) in [5.74, 6) is 0.199. The number of carbonyl (C=O) groups excluding carboxylic acids is 2. The van der Waals surface area contributed by atoms with Crippen molar-refractivity contribution in [2.24, 2.45) is 5.92 Å². The van der Waals surface area contributed by atoms with Crippen LogP contribution >= 0.6 is 0 Å². The Morgan fingerprint density at radius 3 is 2.11 bits per heavy atom. The summed E-state index contributed by atoms with van der Waals surface area (Å²) < 4.78 is 10.2. The number of esters is 1. The van der Waals surface area contributed by atoms with Gasteiger partial charge >= 0.3 is 5.97 Å². The summed E-state index contributed by atoms with van der Waals surface area (Å²) in [6, 6.07) is 15.3. The van der Waals surface area contributed by atoms with E-state index < -0.39 is 5.97 Å². The molecule has 0 radical (unpaired) electrons. The molecule has 28 heavy (non-hydrogen) atoms. The number of methoxy groups -OCH3 is 1. The van der Waals surface area contributed by atoms with Crippen molar-refractivity contribution < 1.29 is 19.1 Å². The van der Waals surface area contributed by atoms with Crippen LogP contribution in [0.5, 0.6) is 5.75 Å². The smallest absolute Gasteiger partial charge is 0.310 e. The van der Waals surface area contributed by atoms with Crippen molar-refractivity contribution in [3.05, 3.63) is 65.2 Å². The van der Waals surface area contributed by atoms with E-state index in [2.05, 4.69) is 24.4 Å². The van der Waals surface area contributed by atoms with E-state index in [0.717, 1.165) is 23.3 Å². The van der Waals surface area contributed by atoms with Gasteiger partial charge in [0.05, 0.1) is 19.6 Å². The van der Waals surface area contributed by atoms with Crippen LogP contribution in [0.15, 0.2) is 48.5 Å². The van der Waals surface area contributed by atoms with E-state index in [0.29, 0.717) is 0 Å². The van der Waals surface area contributed by atoms with Crippen LogP contribution in [0.3, 0.4) is 0 Å². The summed E-state index contributed by atoms with van der Waals surface area (Å²) >= 11 is 0. The van der Waals surface area contributed by atoms with Crippen LogP contribution in [0, 0.1) is 5.92 Å². The molecule has 2 aromatic carbocycles. The van der Waals surface area contributed by atoms with Crippen molar-refractivity contribution in [1.29, 1.82) is 0 Å². The number of amides is 1. The van der Waals surface area contributed by atoms with Crippen molar-refractivity contribution in [2.45, 2.75) is 39.7 Å². The molecule has 150 valence electrons. The Labute approximate surface area is 167 Å². The third kappa shape index (κ3) is 6.41. The van der Waals surface area contributed by atoms with Gasteiger partial charge in [0, 0.05) is 0 Å². The number of hydrogen-bond donors (Lipinski definition) is 1. The molecule has 1 N–H and O–H groups in total. The first-order chi connectivity index (χ1) is 13.4. The van der Waals surface area contributed by atoms with Crippen LogP contribution in [0.1, 0.15) is 43.5 Å². The third-order valence-corrected chi connectivity index (χ3v) is 4.60. The maximum absolute atomic E-state index is 12.3. The first kappa shape index (κ1) is 21.5. The summed E-state index contributed by atoms with van der Waals surface area (Å²) in [5, 5.41) is 2.97. The van der Waals surface area contributed by atoms with E-state index in [1.807, 2.05) is 26.0 Å². The van der Waals surface area contributed by atoms with E-state index in [1.54, 1.807) is 31.4 Å². The van der Waals surface area contributed by atoms with E-state index in [-0.39, 0.29) is 30.9 Å². The van der Waals surface area contributed by atoms with E-state index >= 15 is 0 Å². The lowest BCUT2D eigenvalue weighted by Gasteiger charge is -2.23. The fraction of sp³-hybridized carbons (Fsp3) is 0.391. The monoisotopic (exact) mass is 383 g/mol. The molecule has 0 bridgehead atoms. The number of ether oxygens (including phenoxy) is 2. The number of rotatable bonds is 9. The van der Waals surface area contributed by atoms with Crippen molar-refractivity contribution in [1.82, 2.24) is 5.32 Å². The highest BCUT2D eigenvalue weighted by atomic mass is 16.5. The van der Waals surface area contributed by atoms with Gasteiger partial charge in [-0.3, -0.25) is 9.59 Å². The van der Waals surface area contributed by atoms with Gasteiger partial charge in [0.25, 0.3) is 5.91 Å². The molecule has 0 saturated heterocycles. The predicted molar refractivity (Wildman–Crippen MR) is 109 cm³/mol. The first-order valence-corrected chi connectivity index (χ1v) is 9.59. The second-order valence-electron chi connectivity index (χ2n) is 7.07. The van der Waals surface area contributed by atoms with Gasteiger partial charge in [-0.15, -0.1) is 0 Å². The minimum Gasteiger partial charge on any atom is -0.497 e. The van der Waals surface area contributed by atoms with Crippen molar-refractivity contribution in [2.75, 3.05) is 13.7 Å². The second kappa shape index (κ2) is 10.5. The molecule has 0 saturated carbocycles. The van der Waals surface area contributed by atoms with Crippen LogP contribution < -0.4 is 10.1 Å². The normalized spacial score (nSPS) is 11.8. The van der Waals surface area contributed by atoms with Gasteiger partial charge in [0.2, 0.25) is 0 Å². The molecule has 0 heterocycles. The van der Waals surface area contributed by atoms with Crippen LogP contribution in [0.2, 0.25) is 0 Å². The number of carbonyl (C=O) groups is 2. The number of nitrogens with one attached hydrogen (secondary N) is 1. The fourth-order valence-electron chi connectivity index (χ4n) is 2.92. The third-order valence-electron chi connectivity index (χ3n) is 4.60. The molecule has 2 aromatic rings. The number of aryl methyl sites for hydroxylation is 1. The highest BCUT2D eigenvalue weighted by molar-refractivity contribution is 5.81. The molecule has 5 heteroatoms. The molecule has 0 fully saturated rings. The van der Waals surface area contributed by atoms with Crippen LogP contribution in [-0.4, -0.2) is 25.6 Å². The lowest BCUT2D eigenvalue weighted by Crippen LogP contribution is -2.35. The minimum atomic E-state index is -0.436. The van der Waals surface area contributed by atoms with E-state index in [1.165, 1.54) is 5.56 Å². The zero-order valence-electron chi connectivity index (χ0n) is 17.0. The van der Waals surface area contributed by atoms with Gasteiger partial charge in [-0.2, -0.15) is 0 Å². The Morgan fingerprint density at radius 2 is 1.57 bits per heavy atom. The van der Waals surface area contributed by atoms with Gasteiger partial charge < -0.3 is 14.8 Å². The van der Waals surface area contributed by atoms with Crippen LogP contribution in [-0.2, 0) is 27.2 Å². The van der Waals surface area contributed by atoms with Gasteiger partial charge in [0.15, 0.2) is 6.61 Å². The molecule has 2 rings (SSSR count). The molecule has 1 atom stereocenters. The van der Waals surface area contributed by atoms with Crippen LogP contribution in [0.4, 0.5) is 0 Å². The second-order valence-corrected chi connectivity index (χ2v) is 7.07. The minimum absolute atomic E-state index is 0.114. The van der Waals surface area contributed by atoms with Crippen LogP contribution in [0.25, 0.3) is 0 Å². The number of benzene rings is 2. The standard InChI is InChI=1S/C23H29NO4/c1-5-17-6-10-19(11-7-17)23(16(2)3)24-21(25)15-28-22(26)14-18-8-12-20(27-4)13-9-18/h6-13,16,23H,5,14-15H2,1-4H3,(H,24,25)/t23-/m1/s1. The summed E-state index contributed by atoms with van der Waals surface area (Å²) in [7, 11) is 1.59. The summed E-state index contributed by atoms with van der Waals surface area (Å²) in [5.41, 5.74) is 3.11. The molecular formula is C23H29NO4. The molecular weight excluding hydrogens is 354 g/mol. The molecule has 0 aromatic heterocycles.